The second-order valence-electron chi connectivity index (χ2n) is 9.79. The molecule has 43 heavy (non-hydrogen) atoms. The highest BCUT2D eigenvalue weighted by molar-refractivity contribution is 7.92. The molecule has 6 aromatic rings. The number of rotatable bonds is 7. The van der Waals surface area contributed by atoms with Gasteiger partial charge in [0.2, 0.25) is 15.9 Å². The summed E-state index contributed by atoms with van der Waals surface area (Å²) in [5.74, 6) is -0.221. The minimum atomic E-state index is -3.71. The Kier molecular flexibility index (Phi) is 7.10. The third-order valence-corrected chi connectivity index (χ3v) is 9.48. The fourth-order valence-corrected chi connectivity index (χ4v) is 6.46. The van der Waals surface area contributed by atoms with Gasteiger partial charge in [-0.1, -0.05) is 0 Å². The molecule has 12 heteroatoms. The number of aromatic nitrogens is 2. The highest BCUT2D eigenvalue weighted by atomic mass is 32.2. The zero-order valence-electron chi connectivity index (χ0n) is 23.5. The number of halogens is 1. The van der Waals surface area contributed by atoms with Gasteiger partial charge in [-0.15, -0.1) is 11.3 Å². The monoisotopic (exact) mass is 616 g/mol. The van der Waals surface area contributed by atoms with Crippen molar-refractivity contribution in [3.8, 4) is 38.8 Å². The lowest BCUT2D eigenvalue weighted by Gasteiger charge is -2.21. The van der Waals surface area contributed by atoms with E-state index in [1.807, 2.05) is 18.2 Å². The van der Waals surface area contributed by atoms with Crippen molar-refractivity contribution in [1.82, 2.24) is 15.3 Å². The number of hydrogen-bond acceptors (Lipinski definition) is 8. The van der Waals surface area contributed by atoms with Crippen LogP contribution >= 0.6 is 11.3 Å². The van der Waals surface area contributed by atoms with Crippen LogP contribution in [0.5, 0.6) is 5.88 Å². The fraction of sp³-hybridized carbons (Fsp3) is 0.129. The summed E-state index contributed by atoms with van der Waals surface area (Å²) < 4.78 is 53.2. The van der Waals surface area contributed by atoms with Gasteiger partial charge in [0.25, 0.3) is 5.91 Å². The predicted octanol–water partition coefficient (Wildman–Crippen LogP) is 6.34. The number of methoxy groups -OCH3 is 1. The fourth-order valence-electron chi connectivity index (χ4n) is 4.91. The maximum Gasteiger partial charge on any atom is 0.255 e. The molecule has 2 aromatic carbocycles. The number of hydrogen-bond donors (Lipinski definition) is 1. The summed E-state index contributed by atoms with van der Waals surface area (Å²) in [6, 6.07) is 14.7. The normalized spacial score (nSPS) is 11.7. The molecule has 4 heterocycles. The lowest BCUT2D eigenvalue weighted by molar-refractivity contribution is 0.0964. The smallest absolute Gasteiger partial charge is 0.255 e. The molecular weight excluding hydrogens is 591 g/mol. The molecule has 0 aliphatic heterocycles. The molecule has 0 saturated carbocycles. The van der Waals surface area contributed by atoms with E-state index in [9.17, 15) is 17.6 Å². The van der Waals surface area contributed by atoms with E-state index in [0.717, 1.165) is 25.5 Å². The Bertz CT molecular complexity index is 2110. The van der Waals surface area contributed by atoms with Gasteiger partial charge in [-0.3, -0.25) is 14.1 Å². The van der Waals surface area contributed by atoms with E-state index in [1.165, 1.54) is 45.5 Å². The topological polar surface area (TPSA) is 115 Å². The summed E-state index contributed by atoms with van der Waals surface area (Å²) in [7, 11) is 0.774. The summed E-state index contributed by atoms with van der Waals surface area (Å²) in [6.45, 7) is 0. The number of carbonyl (C=O) groups is 1. The Morgan fingerprint density at radius 3 is 2.49 bits per heavy atom. The van der Waals surface area contributed by atoms with Crippen LogP contribution in [0.3, 0.4) is 0 Å². The first kappa shape index (κ1) is 28.3. The molecule has 1 N–H and O–H groups in total. The van der Waals surface area contributed by atoms with Gasteiger partial charge in [0.05, 0.1) is 30.2 Å². The quantitative estimate of drug-likeness (QED) is 0.223. The van der Waals surface area contributed by atoms with Gasteiger partial charge in [-0.25, -0.2) is 17.8 Å². The number of carbonyl (C=O) groups excluding carboxylic acids is 1. The van der Waals surface area contributed by atoms with Crippen LogP contribution in [0.15, 0.2) is 77.6 Å². The third kappa shape index (κ3) is 5.08. The maximum absolute atomic E-state index is 13.7. The zero-order chi connectivity index (χ0) is 30.5. The van der Waals surface area contributed by atoms with E-state index < -0.39 is 21.7 Å². The van der Waals surface area contributed by atoms with Gasteiger partial charge in [0.1, 0.15) is 17.2 Å². The van der Waals surface area contributed by atoms with Crippen LogP contribution in [0, 0.1) is 5.82 Å². The van der Waals surface area contributed by atoms with Crippen molar-refractivity contribution < 1.29 is 26.8 Å². The van der Waals surface area contributed by atoms with Crippen molar-refractivity contribution in [2.75, 3.05) is 31.8 Å². The SMILES string of the molecule is CNC(=O)c1c(-c2ccc(F)cc2)oc2cc(N(C)S(C)(=O)=O)c(-c3cnc(OC)c(-c4cc5cnccc5s4)c3)cc12. The summed E-state index contributed by atoms with van der Waals surface area (Å²) in [6.07, 6.45) is 6.21. The molecule has 1 amide bonds. The predicted molar refractivity (Wildman–Crippen MR) is 167 cm³/mol. The second-order valence-corrected chi connectivity index (χ2v) is 12.9. The maximum atomic E-state index is 13.7. The highest BCUT2D eigenvalue weighted by Crippen LogP contribution is 2.44. The van der Waals surface area contributed by atoms with Crippen molar-refractivity contribution >= 4 is 54.0 Å². The minimum Gasteiger partial charge on any atom is -0.481 e. The molecule has 0 atom stereocenters. The number of fused-ring (bicyclic) bond motifs is 2. The molecule has 0 saturated heterocycles. The van der Waals surface area contributed by atoms with Crippen molar-refractivity contribution in [2.24, 2.45) is 0 Å². The van der Waals surface area contributed by atoms with Crippen LogP contribution in [0.2, 0.25) is 0 Å². The Morgan fingerprint density at radius 1 is 1.05 bits per heavy atom. The Hall–Kier alpha value is -4.81. The Balaban J connectivity index is 1.64. The van der Waals surface area contributed by atoms with Crippen LogP contribution < -0.4 is 14.4 Å². The first-order valence-electron chi connectivity index (χ1n) is 13.0. The lowest BCUT2D eigenvalue weighted by Crippen LogP contribution is -2.25. The number of sulfonamides is 1. The van der Waals surface area contributed by atoms with Crippen LogP contribution in [-0.4, -0.2) is 51.8 Å². The number of nitrogens with zero attached hydrogens (tertiary/aromatic N) is 3. The molecule has 0 fully saturated rings. The van der Waals surface area contributed by atoms with E-state index in [0.29, 0.717) is 39.2 Å². The molecule has 0 aliphatic carbocycles. The summed E-state index contributed by atoms with van der Waals surface area (Å²) in [5, 5.41) is 4.07. The van der Waals surface area contributed by atoms with E-state index in [1.54, 1.807) is 42.1 Å². The molecule has 0 bridgehead atoms. The van der Waals surface area contributed by atoms with E-state index >= 15 is 0 Å². The molecule has 6 rings (SSSR count). The third-order valence-electron chi connectivity index (χ3n) is 7.14. The van der Waals surface area contributed by atoms with Crippen LogP contribution in [0.1, 0.15) is 10.4 Å². The van der Waals surface area contributed by atoms with Crippen molar-refractivity contribution in [2.45, 2.75) is 0 Å². The average molecular weight is 617 g/mol. The average Bonchev–Trinajstić information content (AvgIpc) is 3.61. The molecule has 0 spiro atoms. The number of benzene rings is 2. The number of furan rings is 1. The van der Waals surface area contributed by atoms with Gasteiger partial charge >= 0.3 is 0 Å². The van der Waals surface area contributed by atoms with Gasteiger partial charge in [0.15, 0.2) is 0 Å². The van der Waals surface area contributed by atoms with Crippen molar-refractivity contribution in [3.63, 3.8) is 0 Å². The summed E-state index contributed by atoms with van der Waals surface area (Å²) in [5.41, 5.74) is 3.12. The standard InChI is InChI=1S/C31H25FN4O5S2/c1-33-30(37)28-22-13-21(18-11-23(31(40-3)35-16-18)27-12-19-15-34-10-9-26(19)42-27)24(36(2)43(4,38)39)14-25(22)41-29(28)17-5-7-20(32)8-6-17/h5-16H,1-4H3,(H,33,37). The van der Waals surface area contributed by atoms with Gasteiger partial charge < -0.3 is 14.5 Å². The lowest BCUT2D eigenvalue weighted by atomic mass is 9.98. The van der Waals surface area contributed by atoms with Crippen LogP contribution in [0.25, 0.3) is 53.9 Å². The zero-order valence-corrected chi connectivity index (χ0v) is 25.1. The first-order chi connectivity index (χ1) is 20.6. The van der Waals surface area contributed by atoms with Crippen molar-refractivity contribution in [1.29, 1.82) is 0 Å². The van der Waals surface area contributed by atoms with E-state index in [4.69, 9.17) is 9.15 Å². The summed E-state index contributed by atoms with van der Waals surface area (Å²) >= 11 is 1.55. The molecule has 0 aliphatic rings. The van der Waals surface area contributed by atoms with E-state index in [-0.39, 0.29) is 16.9 Å². The van der Waals surface area contributed by atoms with Gasteiger partial charge in [-0.05, 0) is 48.5 Å². The number of amides is 1. The number of anilines is 1. The Labute approximate surface area is 250 Å². The Morgan fingerprint density at radius 2 is 1.81 bits per heavy atom. The van der Waals surface area contributed by atoms with Crippen LogP contribution in [0.4, 0.5) is 10.1 Å². The number of ether oxygens (including phenoxy) is 1. The second kappa shape index (κ2) is 10.8. The first-order valence-corrected chi connectivity index (χ1v) is 15.7. The van der Waals surface area contributed by atoms with Gasteiger partial charge in [0, 0.05) is 75.8 Å². The summed E-state index contributed by atoms with van der Waals surface area (Å²) in [4.78, 5) is 22.9. The molecule has 0 radical (unpaired) electrons. The largest absolute Gasteiger partial charge is 0.481 e. The van der Waals surface area contributed by atoms with Crippen molar-refractivity contribution in [3.05, 3.63) is 84.6 Å². The molecule has 0 unspecified atom stereocenters. The minimum absolute atomic E-state index is 0.229. The van der Waals surface area contributed by atoms with E-state index in [2.05, 4.69) is 15.3 Å². The molecule has 218 valence electrons. The van der Waals surface area contributed by atoms with Crippen LogP contribution in [-0.2, 0) is 10.0 Å². The number of nitrogens with one attached hydrogen (secondary N) is 1. The highest BCUT2D eigenvalue weighted by Gasteiger charge is 2.26. The number of thiophene rings is 1. The molecule has 9 nitrogen and oxygen atoms in total. The molecular formula is C31H25FN4O5S2. The van der Waals surface area contributed by atoms with Gasteiger partial charge in [-0.2, -0.15) is 0 Å². The number of pyridine rings is 2. The molecule has 4 aromatic heterocycles.